The summed E-state index contributed by atoms with van der Waals surface area (Å²) in [6.45, 7) is 13.2. The molecule has 1 atom stereocenters. The van der Waals surface area contributed by atoms with Gasteiger partial charge in [-0.25, -0.2) is 4.98 Å². The van der Waals surface area contributed by atoms with Gasteiger partial charge in [0, 0.05) is 43.5 Å². The largest absolute Gasteiger partial charge is 0.379 e. The van der Waals surface area contributed by atoms with E-state index in [1.807, 2.05) is 17.5 Å². The Morgan fingerprint density at radius 2 is 1.96 bits per heavy atom. The number of hydrogen-bond donors (Lipinski definition) is 1. The van der Waals surface area contributed by atoms with Gasteiger partial charge in [-0.15, -0.1) is 0 Å². The summed E-state index contributed by atoms with van der Waals surface area (Å²) in [4.78, 5) is 7.17. The Labute approximate surface area is 137 Å². The van der Waals surface area contributed by atoms with Crippen LogP contribution in [0, 0.1) is 6.92 Å². The number of fused-ring (bicyclic) bond motifs is 1. The minimum Gasteiger partial charge on any atom is -0.379 e. The summed E-state index contributed by atoms with van der Waals surface area (Å²) >= 11 is 0. The van der Waals surface area contributed by atoms with Crippen molar-refractivity contribution in [2.75, 3.05) is 38.2 Å². The van der Waals surface area contributed by atoms with Gasteiger partial charge in [-0.3, -0.25) is 4.90 Å². The van der Waals surface area contributed by atoms with Gasteiger partial charge < -0.3 is 10.1 Å². The number of aryl methyl sites for hydroxylation is 1. The lowest BCUT2D eigenvalue weighted by atomic mass is 10.1. The molecule has 3 heterocycles. The van der Waals surface area contributed by atoms with Crippen molar-refractivity contribution in [2.45, 2.75) is 39.7 Å². The predicted molar refractivity (Wildman–Crippen MR) is 92.2 cm³/mol. The van der Waals surface area contributed by atoms with Gasteiger partial charge in [0.2, 0.25) is 0 Å². The molecule has 6 heteroatoms. The highest BCUT2D eigenvalue weighted by atomic mass is 16.5. The van der Waals surface area contributed by atoms with Gasteiger partial charge in [-0.05, 0) is 19.8 Å². The molecule has 0 unspecified atom stereocenters. The molecule has 2 aromatic rings. The molecule has 1 fully saturated rings. The first kappa shape index (κ1) is 16.2. The van der Waals surface area contributed by atoms with E-state index in [4.69, 9.17) is 9.72 Å². The van der Waals surface area contributed by atoms with Gasteiger partial charge in [0.15, 0.2) is 5.65 Å². The summed E-state index contributed by atoms with van der Waals surface area (Å²) < 4.78 is 7.34. The van der Waals surface area contributed by atoms with E-state index in [-0.39, 0.29) is 0 Å². The van der Waals surface area contributed by atoms with Crippen LogP contribution in [0.2, 0.25) is 0 Å². The first-order chi connectivity index (χ1) is 11.0. The van der Waals surface area contributed by atoms with Crippen molar-refractivity contribution >= 4 is 11.5 Å². The zero-order valence-corrected chi connectivity index (χ0v) is 14.5. The predicted octanol–water partition coefficient (Wildman–Crippen LogP) is 2.29. The number of anilines is 1. The summed E-state index contributed by atoms with van der Waals surface area (Å²) in [5, 5.41) is 8.13. The smallest absolute Gasteiger partial charge is 0.157 e. The summed E-state index contributed by atoms with van der Waals surface area (Å²) in [6.07, 6.45) is 0. The van der Waals surface area contributed by atoms with Gasteiger partial charge in [-0.1, -0.05) is 13.8 Å². The summed E-state index contributed by atoms with van der Waals surface area (Å²) in [5.74, 6) is 1.42. The van der Waals surface area contributed by atoms with E-state index in [2.05, 4.69) is 42.2 Å². The quantitative estimate of drug-likeness (QED) is 0.917. The van der Waals surface area contributed by atoms with Gasteiger partial charge >= 0.3 is 0 Å². The number of aromatic nitrogens is 3. The lowest BCUT2D eigenvalue weighted by molar-refractivity contribution is 0.0227. The second kappa shape index (κ2) is 6.84. The van der Waals surface area contributed by atoms with Crippen molar-refractivity contribution in [3.05, 3.63) is 23.5 Å². The maximum absolute atomic E-state index is 5.43. The Kier molecular flexibility index (Phi) is 4.82. The third kappa shape index (κ3) is 3.64. The van der Waals surface area contributed by atoms with Crippen molar-refractivity contribution in [3.8, 4) is 0 Å². The van der Waals surface area contributed by atoms with Crippen LogP contribution in [0.5, 0.6) is 0 Å². The van der Waals surface area contributed by atoms with Gasteiger partial charge in [0.05, 0.1) is 18.9 Å². The molecule has 0 radical (unpaired) electrons. The molecular formula is C17H27N5O. The molecule has 0 spiro atoms. The van der Waals surface area contributed by atoms with Crippen LogP contribution in [-0.4, -0.2) is 58.4 Å². The number of rotatable bonds is 5. The number of nitrogens with zero attached hydrogens (tertiary/aromatic N) is 4. The maximum Gasteiger partial charge on any atom is 0.157 e. The average molecular weight is 317 g/mol. The van der Waals surface area contributed by atoms with Gasteiger partial charge in [-0.2, -0.15) is 9.61 Å². The van der Waals surface area contributed by atoms with E-state index < -0.39 is 0 Å². The molecule has 3 rings (SSSR count). The molecule has 1 saturated heterocycles. The molecule has 2 aromatic heterocycles. The van der Waals surface area contributed by atoms with Crippen molar-refractivity contribution in [3.63, 3.8) is 0 Å². The van der Waals surface area contributed by atoms with E-state index in [9.17, 15) is 0 Å². The molecule has 126 valence electrons. The van der Waals surface area contributed by atoms with Crippen molar-refractivity contribution in [2.24, 2.45) is 0 Å². The Morgan fingerprint density at radius 1 is 1.22 bits per heavy atom. The monoisotopic (exact) mass is 317 g/mol. The zero-order chi connectivity index (χ0) is 16.4. The minimum absolute atomic E-state index is 0.396. The Hall–Kier alpha value is -1.66. The third-order valence-electron chi connectivity index (χ3n) is 4.41. The van der Waals surface area contributed by atoms with Gasteiger partial charge in [0.25, 0.3) is 0 Å². The Morgan fingerprint density at radius 3 is 2.65 bits per heavy atom. The van der Waals surface area contributed by atoms with Crippen LogP contribution in [0.25, 0.3) is 5.65 Å². The standard InChI is InChI=1S/C17H27N5O/c1-12(2)15-10-16(22-17(19-15)9-13(3)20-22)18-11-14(4)21-5-7-23-8-6-21/h9-10,12,14,18H,5-8,11H2,1-4H3/t14-/m0/s1. The fourth-order valence-corrected chi connectivity index (χ4v) is 2.93. The lowest BCUT2D eigenvalue weighted by Crippen LogP contribution is -2.45. The average Bonchev–Trinajstić information content (AvgIpc) is 2.93. The molecule has 1 aliphatic heterocycles. The molecule has 0 aromatic carbocycles. The van der Waals surface area contributed by atoms with E-state index in [0.29, 0.717) is 12.0 Å². The number of hydrogen-bond acceptors (Lipinski definition) is 5. The maximum atomic E-state index is 5.43. The first-order valence-electron chi connectivity index (χ1n) is 8.47. The normalized spacial score (nSPS) is 17.8. The number of morpholine rings is 1. The molecule has 23 heavy (non-hydrogen) atoms. The molecule has 1 aliphatic rings. The Bertz CT molecular complexity index is 660. The van der Waals surface area contributed by atoms with Gasteiger partial charge in [0.1, 0.15) is 5.82 Å². The van der Waals surface area contributed by atoms with E-state index in [1.165, 1.54) is 0 Å². The summed E-state index contributed by atoms with van der Waals surface area (Å²) in [6, 6.07) is 4.61. The van der Waals surface area contributed by atoms with E-state index >= 15 is 0 Å². The zero-order valence-electron chi connectivity index (χ0n) is 14.5. The number of nitrogens with one attached hydrogen (secondary N) is 1. The lowest BCUT2D eigenvalue weighted by Gasteiger charge is -2.32. The van der Waals surface area contributed by atoms with Crippen LogP contribution >= 0.6 is 0 Å². The van der Waals surface area contributed by atoms with E-state index in [0.717, 1.165) is 55.7 Å². The molecule has 6 nitrogen and oxygen atoms in total. The second-order valence-corrected chi connectivity index (χ2v) is 6.65. The highest BCUT2D eigenvalue weighted by Crippen LogP contribution is 2.20. The fraction of sp³-hybridized carbons (Fsp3) is 0.647. The highest BCUT2D eigenvalue weighted by molar-refractivity contribution is 5.51. The van der Waals surface area contributed by atoms with E-state index in [1.54, 1.807) is 0 Å². The summed E-state index contributed by atoms with van der Waals surface area (Å²) in [5.41, 5.74) is 3.00. The Balaban J connectivity index is 1.78. The molecular weight excluding hydrogens is 290 g/mol. The van der Waals surface area contributed by atoms with Crippen molar-refractivity contribution < 1.29 is 4.74 Å². The molecule has 0 aliphatic carbocycles. The second-order valence-electron chi connectivity index (χ2n) is 6.65. The third-order valence-corrected chi connectivity index (χ3v) is 4.41. The van der Waals surface area contributed by atoms with Crippen LogP contribution in [0.4, 0.5) is 5.82 Å². The molecule has 0 amide bonds. The minimum atomic E-state index is 0.396. The SMILES string of the molecule is Cc1cc2nc(C(C)C)cc(NC[C@H](C)N3CCOCC3)n2n1. The summed E-state index contributed by atoms with van der Waals surface area (Å²) in [7, 11) is 0. The van der Waals surface area contributed by atoms with Crippen LogP contribution in [-0.2, 0) is 4.74 Å². The first-order valence-corrected chi connectivity index (χ1v) is 8.47. The van der Waals surface area contributed by atoms with Crippen LogP contribution in [0.15, 0.2) is 12.1 Å². The number of ether oxygens (including phenoxy) is 1. The highest BCUT2D eigenvalue weighted by Gasteiger charge is 2.17. The van der Waals surface area contributed by atoms with Crippen LogP contribution < -0.4 is 5.32 Å². The molecule has 1 N–H and O–H groups in total. The van der Waals surface area contributed by atoms with Crippen LogP contribution in [0.3, 0.4) is 0 Å². The van der Waals surface area contributed by atoms with Crippen molar-refractivity contribution in [1.82, 2.24) is 19.5 Å². The van der Waals surface area contributed by atoms with Crippen LogP contribution in [0.1, 0.15) is 38.1 Å². The molecule has 0 bridgehead atoms. The topological polar surface area (TPSA) is 54.7 Å². The molecule has 0 saturated carbocycles. The van der Waals surface area contributed by atoms with Crippen molar-refractivity contribution in [1.29, 1.82) is 0 Å². The fourth-order valence-electron chi connectivity index (χ4n) is 2.93.